The highest BCUT2D eigenvalue weighted by atomic mass is 16.3. The molecule has 110 valence electrons. The third-order valence-electron chi connectivity index (χ3n) is 4.04. The van der Waals surface area contributed by atoms with Crippen LogP contribution in [0.25, 0.3) is 0 Å². The third kappa shape index (κ3) is 3.61. The van der Waals surface area contributed by atoms with Crippen LogP contribution in [0.15, 0.2) is 22.8 Å². The lowest BCUT2D eigenvalue weighted by atomic mass is 10.1. The number of carbonyl (C=O) groups is 1. The van der Waals surface area contributed by atoms with Crippen molar-refractivity contribution in [2.24, 2.45) is 5.73 Å². The Kier molecular flexibility index (Phi) is 4.08. The highest BCUT2D eigenvalue weighted by Crippen LogP contribution is 2.31. The maximum Gasteiger partial charge on any atom is 0.221 e. The summed E-state index contributed by atoms with van der Waals surface area (Å²) in [5.41, 5.74) is 5.91. The highest BCUT2D eigenvalue weighted by molar-refractivity contribution is 5.77. The fraction of sp³-hybridized carbons (Fsp3) is 0.667. The molecule has 1 amide bonds. The van der Waals surface area contributed by atoms with E-state index in [0.29, 0.717) is 25.0 Å². The number of hydrogen-bond donors (Lipinski definition) is 2. The first-order valence-electron chi connectivity index (χ1n) is 7.54. The Labute approximate surface area is 119 Å². The minimum Gasteiger partial charge on any atom is -0.468 e. The van der Waals surface area contributed by atoms with Crippen LogP contribution in [0.2, 0.25) is 0 Å². The Morgan fingerprint density at radius 3 is 2.80 bits per heavy atom. The molecule has 20 heavy (non-hydrogen) atoms. The smallest absolute Gasteiger partial charge is 0.221 e. The largest absolute Gasteiger partial charge is 0.468 e. The van der Waals surface area contributed by atoms with Gasteiger partial charge in [-0.25, -0.2) is 0 Å². The lowest BCUT2D eigenvalue weighted by Gasteiger charge is -2.30. The van der Waals surface area contributed by atoms with Gasteiger partial charge in [0.2, 0.25) is 5.91 Å². The molecule has 5 nitrogen and oxygen atoms in total. The second kappa shape index (κ2) is 5.97. The molecule has 1 atom stereocenters. The molecule has 3 N–H and O–H groups in total. The fourth-order valence-corrected chi connectivity index (χ4v) is 2.61. The summed E-state index contributed by atoms with van der Waals surface area (Å²) in [5.74, 6) is 1.07. The van der Waals surface area contributed by atoms with E-state index in [-0.39, 0.29) is 11.9 Å². The van der Waals surface area contributed by atoms with Crippen LogP contribution in [-0.4, -0.2) is 35.5 Å². The lowest BCUT2D eigenvalue weighted by Crippen LogP contribution is -2.45. The summed E-state index contributed by atoms with van der Waals surface area (Å²) >= 11 is 0. The van der Waals surface area contributed by atoms with Crippen LogP contribution in [0.3, 0.4) is 0 Å². The van der Waals surface area contributed by atoms with Gasteiger partial charge in [0.1, 0.15) is 5.76 Å². The van der Waals surface area contributed by atoms with E-state index in [1.165, 1.54) is 12.8 Å². The van der Waals surface area contributed by atoms with Crippen molar-refractivity contribution in [3.8, 4) is 0 Å². The highest BCUT2D eigenvalue weighted by Gasteiger charge is 2.35. The van der Waals surface area contributed by atoms with Crippen LogP contribution in [-0.2, 0) is 11.3 Å². The van der Waals surface area contributed by atoms with Gasteiger partial charge < -0.3 is 15.5 Å². The molecular formula is C15H23N3O2. The molecule has 1 aromatic heterocycles. The average molecular weight is 277 g/mol. The third-order valence-corrected chi connectivity index (χ3v) is 4.04. The Hall–Kier alpha value is -1.33. The predicted octanol–water partition coefficient (Wildman–Crippen LogP) is 1.24. The number of furan rings is 1. The zero-order valence-corrected chi connectivity index (χ0v) is 11.8. The molecule has 0 aliphatic heterocycles. The van der Waals surface area contributed by atoms with Gasteiger partial charge in [-0.15, -0.1) is 0 Å². The van der Waals surface area contributed by atoms with E-state index in [2.05, 4.69) is 10.2 Å². The molecule has 0 radical (unpaired) electrons. The standard InChI is InChI=1S/C15H23N3O2/c16-9-13(8-15(19)17-11-3-4-11)18(12-5-6-12)10-14-2-1-7-20-14/h1-2,7,11-13H,3-6,8-10,16H2,(H,17,19). The van der Waals surface area contributed by atoms with E-state index < -0.39 is 0 Å². The first kappa shape index (κ1) is 13.6. The normalized spacial score (nSPS) is 20.1. The van der Waals surface area contributed by atoms with E-state index in [0.717, 1.165) is 25.1 Å². The van der Waals surface area contributed by atoms with E-state index in [1.54, 1.807) is 6.26 Å². The van der Waals surface area contributed by atoms with Crippen molar-refractivity contribution in [2.45, 2.75) is 56.8 Å². The zero-order chi connectivity index (χ0) is 13.9. The summed E-state index contributed by atoms with van der Waals surface area (Å²) in [6.07, 6.45) is 6.82. The van der Waals surface area contributed by atoms with Crippen LogP contribution < -0.4 is 11.1 Å². The van der Waals surface area contributed by atoms with Gasteiger partial charge in [-0.1, -0.05) is 0 Å². The van der Waals surface area contributed by atoms with E-state index in [4.69, 9.17) is 10.2 Å². The van der Waals surface area contributed by atoms with Gasteiger partial charge in [-0.2, -0.15) is 0 Å². The molecule has 2 saturated carbocycles. The topological polar surface area (TPSA) is 71.5 Å². The van der Waals surface area contributed by atoms with E-state index >= 15 is 0 Å². The van der Waals surface area contributed by atoms with Crippen LogP contribution >= 0.6 is 0 Å². The second-order valence-corrected chi connectivity index (χ2v) is 5.92. The summed E-state index contributed by atoms with van der Waals surface area (Å²) in [6, 6.07) is 4.96. The molecule has 0 spiro atoms. The van der Waals surface area contributed by atoms with Gasteiger partial charge in [0.15, 0.2) is 0 Å². The van der Waals surface area contributed by atoms with Crippen molar-refractivity contribution < 1.29 is 9.21 Å². The molecule has 1 aromatic rings. The lowest BCUT2D eigenvalue weighted by molar-refractivity contribution is -0.122. The van der Waals surface area contributed by atoms with Gasteiger partial charge in [0, 0.05) is 31.1 Å². The van der Waals surface area contributed by atoms with Crippen molar-refractivity contribution in [1.82, 2.24) is 10.2 Å². The summed E-state index contributed by atoms with van der Waals surface area (Å²) in [5, 5.41) is 3.05. The molecule has 3 rings (SSSR count). The molecule has 5 heteroatoms. The van der Waals surface area contributed by atoms with Crippen LogP contribution in [0.1, 0.15) is 37.9 Å². The minimum absolute atomic E-state index is 0.103. The molecule has 0 saturated heterocycles. The maximum atomic E-state index is 12.0. The molecule has 0 bridgehead atoms. The van der Waals surface area contributed by atoms with E-state index in [1.807, 2.05) is 12.1 Å². The first-order chi connectivity index (χ1) is 9.76. The van der Waals surface area contributed by atoms with Crippen LogP contribution in [0.5, 0.6) is 0 Å². The number of nitrogens with zero attached hydrogens (tertiary/aromatic N) is 1. The van der Waals surface area contributed by atoms with Gasteiger partial charge >= 0.3 is 0 Å². The SMILES string of the molecule is NCC(CC(=O)NC1CC1)N(Cc1ccco1)C1CC1. The molecule has 2 fully saturated rings. The van der Waals surface area contributed by atoms with Gasteiger partial charge in [0.05, 0.1) is 12.8 Å². The zero-order valence-electron chi connectivity index (χ0n) is 11.8. The van der Waals surface area contributed by atoms with Gasteiger partial charge in [-0.05, 0) is 37.8 Å². The van der Waals surface area contributed by atoms with Gasteiger partial charge in [-0.3, -0.25) is 9.69 Å². The molecule has 2 aliphatic rings. The molecule has 1 heterocycles. The molecule has 2 aliphatic carbocycles. The fourth-order valence-electron chi connectivity index (χ4n) is 2.61. The number of hydrogen-bond acceptors (Lipinski definition) is 4. The number of amides is 1. The number of nitrogens with one attached hydrogen (secondary N) is 1. The second-order valence-electron chi connectivity index (χ2n) is 5.92. The first-order valence-corrected chi connectivity index (χ1v) is 7.54. The maximum absolute atomic E-state index is 12.0. The summed E-state index contributed by atoms with van der Waals surface area (Å²) in [6.45, 7) is 1.26. The Balaban J connectivity index is 1.59. The van der Waals surface area contributed by atoms with Gasteiger partial charge in [0.25, 0.3) is 0 Å². The Morgan fingerprint density at radius 1 is 1.45 bits per heavy atom. The number of carbonyl (C=O) groups excluding carboxylic acids is 1. The van der Waals surface area contributed by atoms with Crippen molar-refractivity contribution in [2.75, 3.05) is 6.54 Å². The van der Waals surface area contributed by atoms with E-state index in [9.17, 15) is 4.79 Å². The Morgan fingerprint density at radius 2 is 2.25 bits per heavy atom. The molecular weight excluding hydrogens is 254 g/mol. The van der Waals surface area contributed by atoms with Crippen LogP contribution in [0, 0.1) is 0 Å². The summed E-state index contributed by atoms with van der Waals surface area (Å²) in [7, 11) is 0. The minimum atomic E-state index is 0.103. The number of nitrogens with two attached hydrogens (primary N) is 1. The van der Waals surface area contributed by atoms with Crippen LogP contribution in [0.4, 0.5) is 0 Å². The molecule has 0 aromatic carbocycles. The number of rotatable bonds is 8. The summed E-state index contributed by atoms with van der Waals surface area (Å²) in [4.78, 5) is 14.3. The van der Waals surface area contributed by atoms with Crippen molar-refractivity contribution in [3.05, 3.63) is 24.2 Å². The Bertz CT molecular complexity index is 438. The predicted molar refractivity (Wildman–Crippen MR) is 75.9 cm³/mol. The van der Waals surface area contributed by atoms with Crippen molar-refractivity contribution in [1.29, 1.82) is 0 Å². The van der Waals surface area contributed by atoms with Crippen molar-refractivity contribution in [3.63, 3.8) is 0 Å². The average Bonchev–Trinajstić information content (AvgIpc) is 3.36. The monoisotopic (exact) mass is 277 g/mol. The van der Waals surface area contributed by atoms with Crippen molar-refractivity contribution >= 4 is 5.91 Å². The summed E-state index contributed by atoms with van der Waals surface area (Å²) < 4.78 is 5.43. The quantitative estimate of drug-likeness (QED) is 0.750. The molecule has 1 unspecified atom stereocenters.